The summed E-state index contributed by atoms with van der Waals surface area (Å²) >= 11 is 3.12. The quantitative estimate of drug-likeness (QED) is 0.805. The van der Waals surface area contributed by atoms with Crippen LogP contribution in [0.15, 0.2) is 28.7 Å². The molecule has 1 rings (SSSR count). The van der Waals surface area contributed by atoms with E-state index in [0.29, 0.717) is 10.0 Å². The lowest BCUT2D eigenvalue weighted by atomic mass is 10.2. The Morgan fingerprint density at radius 3 is 2.17 bits per heavy atom. The van der Waals surface area contributed by atoms with Crippen LogP contribution in [0.25, 0.3) is 0 Å². The van der Waals surface area contributed by atoms with Gasteiger partial charge in [-0.05, 0) is 28.1 Å². The maximum Gasteiger partial charge on any atom is 0.336 e. The van der Waals surface area contributed by atoms with Gasteiger partial charge in [0.05, 0.1) is 5.56 Å². The van der Waals surface area contributed by atoms with Crippen LogP contribution in [0.1, 0.15) is 24.2 Å². The molecule has 0 aliphatic carbocycles. The van der Waals surface area contributed by atoms with Gasteiger partial charge in [0.15, 0.2) is 0 Å². The summed E-state index contributed by atoms with van der Waals surface area (Å²) in [6, 6.07) is 6.71. The summed E-state index contributed by atoms with van der Waals surface area (Å²) in [6.07, 6.45) is 0. The molecule has 12 heavy (non-hydrogen) atoms. The molecule has 0 saturated heterocycles. The minimum Gasteiger partial charge on any atom is -0.478 e. The summed E-state index contributed by atoms with van der Waals surface area (Å²) in [5, 5.41) is 8.54. The molecular formula is C9H11BrO2. The number of aromatic carboxylic acids is 1. The van der Waals surface area contributed by atoms with Crippen molar-refractivity contribution >= 4 is 21.9 Å². The van der Waals surface area contributed by atoms with Crippen molar-refractivity contribution < 1.29 is 9.90 Å². The van der Waals surface area contributed by atoms with Gasteiger partial charge in [-0.15, -0.1) is 0 Å². The molecule has 2 nitrogen and oxygen atoms in total. The number of benzene rings is 1. The van der Waals surface area contributed by atoms with Gasteiger partial charge in [-0.3, -0.25) is 0 Å². The Labute approximate surface area is 80.4 Å². The maximum atomic E-state index is 10.4. The van der Waals surface area contributed by atoms with E-state index in [9.17, 15) is 4.79 Å². The fourth-order valence-corrected chi connectivity index (χ4v) is 1.09. The Balaban J connectivity index is 0.000000561. The first-order valence-electron chi connectivity index (χ1n) is 3.69. The molecule has 0 bridgehead atoms. The van der Waals surface area contributed by atoms with Gasteiger partial charge in [0.25, 0.3) is 0 Å². The van der Waals surface area contributed by atoms with E-state index in [0.717, 1.165) is 0 Å². The van der Waals surface area contributed by atoms with E-state index in [2.05, 4.69) is 15.9 Å². The largest absolute Gasteiger partial charge is 0.478 e. The zero-order valence-corrected chi connectivity index (χ0v) is 8.63. The molecule has 0 aliphatic rings. The second-order valence-corrected chi connectivity index (χ2v) is 2.64. The van der Waals surface area contributed by atoms with Gasteiger partial charge in [-0.2, -0.15) is 0 Å². The summed E-state index contributed by atoms with van der Waals surface area (Å²) in [7, 11) is 0. The Morgan fingerprint density at radius 2 is 1.83 bits per heavy atom. The summed E-state index contributed by atoms with van der Waals surface area (Å²) in [6.45, 7) is 4.00. The highest BCUT2D eigenvalue weighted by molar-refractivity contribution is 9.10. The number of halogens is 1. The highest BCUT2D eigenvalue weighted by Crippen LogP contribution is 2.14. The van der Waals surface area contributed by atoms with Crippen LogP contribution < -0.4 is 0 Å². The molecular weight excluding hydrogens is 220 g/mol. The standard InChI is InChI=1S/C7H5BrO2.C2H6/c8-6-4-2-1-3-5(6)7(9)10;1-2/h1-4H,(H,9,10);1-2H3. The van der Waals surface area contributed by atoms with Crippen molar-refractivity contribution in [2.45, 2.75) is 13.8 Å². The number of rotatable bonds is 1. The van der Waals surface area contributed by atoms with E-state index < -0.39 is 5.97 Å². The van der Waals surface area contributed by atoms with Crippen LogP contribution in [0.4, 0.5) is 0 Å². The fraction of sp³-hybridized carbons (Fsp3) is 0.222. The van der Waals surface area contributed by atoms with Crippen molar-refractivity contribution in [1.29, 1.82) is 0 Å². The van der Waals surface area contributed by atoms with E-state index in [4.69, 9.17) is 5.11 Å². The molecule has 0 amide bonds. The minimum atomic E-state index is -0.910. The molecule has 1 aromatic carbocycles. The first kappa shape index (κ1) is 11.2. The van der Waals surface area contributed by atoms with Gasteiger partial charge in [0.1, 0.15) is 0 Å². The van der Waals surface area contributed by atoms with Crippen molar-refractivity contribution in [1.82, 2.24) is 0 Å². The zero-order valence-electron chi connectivity index (χ0n) is 7.04. The van der Waals surface area contributed by atoms with Gasteiger partial charge in [-0.25, -0.2) is 4.79 Å². The summed E-state index contributed by atoms with van der Waals surface area (Å²) in [4.78, 5) is 10.4. The summed E-state index contributed by atoms with van der Waals surface area (Å²) in [5.74, 6) is -0.910. The number of carboxylic acid groups (broad SMARTS) is 1. The lowest BCUT2D eigenvalue weighted by molar-refractivity contribution is 0.0696. The molecule has 0 aliphatic heterocycles. The molecule has 0 atom stereocenters. The Kier molecular flexibility index (Phi) is 5.37. The number of hydrogen-bond acceptors (Lipinski definition) is 1. The smallest absolute Gasteiger partial charge is 0.336 e. The Hall–Kier alpha value is -0.830. The highest BCUT2D eigenvalue weighted by Gasteiger charge is 2.04. The van der Waals surface area contributed by atoms with Gasteiger partial charge in [0.2, 0.25) is 0 Å². The van der Waals surface area contributed by atoms with Crippen molar-refractivity contribution in [2.24, 2.45) is 0 Å². The molecule has 66 valence electrons. The lowest BCUT2D eigenvalue weighted by Gasteiger charge is -1.94. The first-order valence-corrected chi connectivity index (χ1v) is 4.49. The normalized spacial score (nSPS) is 8.25. The molecule has 3 heteroatoms. The van der Waals surface area contributed by atoms with Crippen LogP contribution in [-0.2, 0) is 0 Å². The van der Waals surface area contributed by atoms with E-state index in [1.807, 2.05) is 13.8 Å². The predicted octanol–water partition coefficient (Wildman–Crippen LogP) is 3.17. The maximum absolute atomic E-state index is 10.4. The van der Waals surface area contributed by atoms with Gasteiger partial charge in [-0.1, -0.05) is 26.0 Å². The summed E-state index contributed by atoms with van der Waals surface area (Å²) in [5.41, 5.74) is 0.294. The van der Waals surface area contributed by atoms with Crippen molar-refractivity contribution in [3.05, 3.63) is 34.3 Å². The van der Waals surface area contributed by atoms with Gasteiger partial charge in [0, 0.05) is 4.47 Å². The molecule has 0 fully saturated rings. The number of carboxylic acids is 1. The molecule has 0 aromatic heterocycles. The van der Waals surface area contributed by atoms with Crippen LogP contribution in [0, 0.1) is 0 Å². The first-order chi connectivity index (χ1) is 5.72. The molecule has 1 aromatic rings. The van der Waals surface area contributed by atoms with Gasteiger partial charge < -0.3 is 5.11 Å². The lowest BCUT2D eigenvalue weighted by Crippen LogP contribution is -1.95. The molecule has 0 heterocycles. The second-order valence-electron chi connectivity index (χ2n) is 1.78. The van der Waals surface area contributed by atoms with Crippen LogP contribution in [0.3, 0.4) is 0 Å². The van der Waals surface area contributed by atoms with Gasteiger partial charge >= 0.3 is 5.97 Å². The predicted molar refractivity (Wildman–Crippen MR) is 52.4 cm³/mol. The van der Waals surface area contributed by atoms with Crippen molar-refractivity contribution in [2.75, 3.05) is 0 Å². The average Bonchev–Trinajstić information content (AvgIpc) is 2.08. The molecule has 0 radical (unpaired) electrons. The van der Waals surface area contributed by atoms with Crippen molar-refractivity contribution in [3.63, 3.8) is 0 Å². The Morgan fingerprint density at radius 1 is 1.33 bits per heavy atom. The Bertz CT molecular complexity index is 258. The highest BCUT2D eigenvalue weighted by atomic mass is 79.9. The summed E-state index contributed by atoms with van der Waals surface area (Å²) < 4.78 is 0.613. The fourth-order valence-electron chi connectivity index (χ4n) is 0.635. The van der Waals surface area contributed by atoms with E-state index in [1.165, 1.54) is 0 Å². The van der Waals surface area contributed by atoms with Crippen molar-refractivity contribution in [3.8, 4) is 0 Å². The molecule has 1 N–H and O–H groups in total. The van der Waals surface area contributed by atoms with Crippen LogP contribution in [-0.4, -0.2) is 11.1 Å². The molecule has 0 unspecified atom stereocenters. The molecule has 0 saturated carbocycles. The number of hydrogen-bond donors (Lipinski definition) is 1. The third-order valence-corrected chi connectivity index (χ3v) is 1.80. The van der Waals surface area contributed by atoms with E-state index >= 15 is 0 Å². The topological polar surface area (TPSA) is 37.3 Å². The zero-order chi connectivity index (χ0) is 9.56. The third kappa shape index (κ3) is 3.05. The van der Waals surface area contributed by atoms with Crippen LogP contribution in [0.5, 0.6) is 0 Å². The minimum absolute atomic E-state index is 0.294. The number of carbonyl (C=O) groups is 1. The SMILES string of the molecule is CC.O=C(O)c1ccccc1Br. The van der Waals surface area contributed by atoms with Crippen LogP contribution in [0.2, 0.25) is 0 Å². The van der Waals surface area contributed by atoms with E-state index in [1.54, 1.807) is 24.3 Å². The van der Waals surface area contributed by atoms with E-state index in [-0.39, 0.29) is 0 Å². The second kappa shape index (κ2) is 5.77. The monoisotopic (exact) mass is 230 g/mol. The average molecular weight is 231 g/mol. The third-order valence-electron chi connectivity index (χ3n) is 1.10. The van der Waals surface area contributed by atoms with Crippen LogP contribution >= 0.6 is 15.9 Å². The molecule has 0 spiro atoms.